The lowest BCUT2D eigenvalue weighted by Gasteiger charge is -2.08. The molecule has 3 N–H and O–H groups in total. The van der Waals surface area contributed by atoms with Crippen molar-refractivity contribution in [2.45, 2.75) is 16.7 Å². The molecule has 3 rings (SSSR count). The fraction of sp³-hybridized carbons (Fsp3) is 0.0556. The molecule has 0 saturated heterocycles. The lowest BCUT2D eigenvalue weighted by atomic mass is 10.1. The first-order valence-electron chi connectivity index (χ1n) is 8.62. The van der Waals surface area contributed by atoms with Crippen LogP contribution in [0.5, 0.6) is 0 Å². The molecule has 0 aliphatic rings. The molecule has 12 nitrogen and oxygen atoms in total. The predicted octanol–water partition coefficient (Wildman–Crippen LogP) is 2.05. The van der Waals surface area contributed by atoms with Gasteiger partial charge in [-0.2, -0.15) is 16.8 Å². The third kappa shape index (κ3) is 4.83. The van der Waals surface area contributed by atoms with Crippen molar-refractivity contribution in [1.82, 2.24) is 9.78 Å². The molecular formula is C18H15N3O9S2. The Bertz CT molecular complexity index is 1530. The minimum atomic E-state index is -4.84. The molecular weight excluding hydrogens is 466 g/mol. The molecule has 0 fully saturated rings. The Morgan fingerprint density at radius 3 is 1.94 bits per heavy atom. The Balaban J connectivity index is 2.14. The van der Waals surface area contributed by atoms with Gasteiger partial charge >= 0.3 is 0 Å². The van der Waals surface area contributed by atoms with E-state index in [1.54, 1.807) is 6.92 Å². The van der Waals surface area contributed by atoms with E-state index in [2.05, 4.69) is 5.10 Å². The number of hydrogen-bond donors (Lipinski definition) is 3. The van der Waals surface area contributed by atoms with Crippen LogP contribution in [-0.4, -0.2) is 40.6 Å². The maximum atomic E-state index is 12.0. The van der Waals surface area contributed by atoms with Crippen LogP contribution < -0.4 is 5.56 Å². The standard InChI is InChI=1S/C18H15N3O9S2/c1-11-8-18(22)20(19-11)14-6-4-12(16(9-14)31(25,26)27)2-3-13-5-7-15(21(23)24)10-17(13)32(28,29)30/h2-10,19H,1H3,(H,25,26,27)(H,28,29,30). The summed E-state index contributed by atoms with van der Waals surface area (Å²) in [5.41, 5.74) is -0.655. The normalized spacial score (nSPS) is 12.3. The number of aromatic nitrogens is 2. The Morgan fingerprint density at radius 2 is 1.47 bits per heavy atom. The van der Waals surface area contributed by atoms with Gasteiger partial charge < -0.3 is 0 Å². The molecule has 168 valence electrons. The van der Waals surface area contributed by atoms with Gasteiger partial charge in [0.25, 0.3) is 31.5 Å². The van der Waals surface area contributed by atoms with Crippen molar-refractivity contribution in [3.8, 4) is 5.69 Å². The van der Waals surface area contributed by atoms with Gasteiger partial charge in [-0.25, -0.2) is 4.68 Å². The number of hydrogen-bond acceptors (Lipinski definition) is 7. The zero-order valence-electron chi connectivity index (χ0n) is 16.2. The molecule has 0 saturated carbocycles. The second-order valence-electron chi connectivity index (χ2n) is 6.60. The van der Waals surface area contributed by atoms with Crippen LogP contribution in [0.4, 0.5) is 5.69 Å². The third-order valence-corrected chi connectivity index (χ3v) is 6.13. The zero-order chi connectivity index (χ0) is 23.8. The SMILES string of the molecule is Cc1cc(=O)n(-c2ccc(C=Cc3ccc([N+](=O)[O-])cc3S(=O)(=O)O)c(S(=O)(=O)O)c2)[nH]1. The number of H-pyrrole nitrogens is 1. The Hall–Kier alpha value is -3.59. The van der Waals surface area contributed by atoms with Gasteiger partial charge in [-0.3, -0.25) is 29.1 Å². The van der Waals surface area contributed by atoms with Crippen molar-refractivity contribution in [2.75, 3.05) is 0 Å². The van der Waals surface area contributed by atoms with Crippen molar-refractivity contribution < 1.29 is 30.9 Å². The summed E-state index contributed by atoms with van der Waals surface area (Å²) in [6, 6.07) is 7.67. The topological polar surface area (TPSA) is 190 Å². The zero-order valence-corrected chi connectivity index (χ0v) is 17.8. The van der Waals surface area contributed by atoms with Gasteiger partial charge in [0.15, 0.2) is 0 Å². The minimum Gasteiger partial charge on any atom is -0.295 e. The third-order valence-electron chi connectivity index (χ3n) is 4.31. The summed E-state index contributed by atoms with van der Waals surface area (Å²) in [6.07, 6.45) is 2.23. The maximum Gasteiger partial charge on any atom is 0.295 e. The number of non-ortho nitro benzene ring substituents is 1. The van der Waals surface area contributed by atoms with Crippen LogP contribution in [0.1, 0.15) is 16.8 Å². The highest BCUT2D eigenvalue weighted by atomic mass is 32.2. The van der Waals surface area contributed by atoms with Gasteiger partial charge in [0.2, 0.25) is 0 Å². The first-order valence-corrected chi connectivity index (χ1v) is 11.5. The largest absolute Gasteiger partial charge is 0.295 e. The summed E-state index contributed by atoms with van der Waals surface area (Å²) in [7, 11) is -9.61. The molecule has 0 aliphatic heterocycles. The molecule has 0 spiro atoms. The van der Waals surface area contributed by atoms with Crippen molar-refractivity contribution in [3.63, 3.8) is 0 Å². The molecule has 1 heterocycles. The van der Waals surface area contributed by atoms with Crippen LogP contribution in [0, 0.1) is 17.0 Å². The van der Waals surface area contributed by atoms with Crippen molar-refractivity contribution >= 4 is 38.1 Å². The average molecular weight is 481 g/mol. The van der Waals surface area contributed by atoms with Crippen LogP contribution in [0.25, 0.3) is 17.8 Å². The Labute approximate surface area is 181 Å². The smallest absolute Gasteiger partial charge is 0.295 e. The second-order valence-corrected chi connectivity index (χ2v) is 9.38. The van der Waals surface area contributed by atoms with E-state index in [-0.39, 0.29) is 16.8 Å². The second kappa shape index (κ2) is 8.16. The number of rotatable bonds is 6. The molecule has 0 aliphatic carbocycles. The van der Waals surface area contributed by atoms with E-state index in [9.17, 15) is 40.8 Å². The average Bonchev–Trinajstić information content (AvgIpc) is 3.02. The molecule has 2 aromatic carbocycles. The van der Waals surface area contributed by atoms with Crippen LogP contribution in [-0.2, 0) is 20.2 Å². The lowest BCUT2D eigenvalue weighted by Crippen LogP contribution is -2.14. The predicted molar refractivity (Wildman–Crippen MR) is 113 cm³/mol. The molecule has 0 radical (unpaired) electrons. The van der Waals surface area contributed by atoms with E-state index in [1.165, 1.54) is 18.2 Å². The number of benzene rings is 2. The molecule has 0 atom stereocenters. The van der Waals surface area contributed by atoms with E-state index in [1.807, 2.05) is 0 Å². The summed E-state index contributed by atoms with van der Waals surface area (Å²) in [4.78, 5) is 20.7. The first kappa shape index (κ1) is 23.1. The highest BCUT2D eigenvalue weighted by Gasteiger charge is 2.20. The van der Waals surface area contributed by atoms with Gasteiger partial charge in [-0.05, 0) is 36.2 Å². The van der Waals surface area contributed by atoms with Crippen molar-refractivity contribution in [1.29, 1.82) is 0 Å². The van der Waals surface area contributed by atoms with E-state index in [0.717, 1.165) is 35.0 Å². The van der Waals surface area contributed by atoms with Gasteiger partial charge in [0.1, 0.15) is 9.79 Å². The first-order chi connectivity index (χ1) is 14.8. The summed E-state index contributed by atoms with van der Waals surface area (Å²) in [6.45, 7) is 1.62. The molecule has 32 heavy (non-hydrogen) atoms. The molecule has 1 aromatic heterocycles. The number of nitro benzene ring substituents is 1. The van der Waals surface area contributed by atoms with Crippen LogP contribution in [0.15, 0.2) is 57.1 Å². The van der Waals surface area contributed by atoms with Crippen molar-refractivity contribution in [3.05, 3.63) is 79.8 Å². The Kier molecular flexibility index (Phi) is 5.88. The van der Waals surface area contributed by atoms with Crippen LogP contribution >= 0.6 is 0 Å². The Morgan fingerprint density at radius 1 is 0.938 bits per heavy atom. The summed E-state index contributed by atoms with van der Waals surface area (Å²) in [5.74, 6) is 0. The highest BCUT2D eigenvalue weighted by Crippen LogP contribution is 2.26. The van der Waals surface area contributed by atoms with E-state index in [0.29, 0.717) is 11.8 Å². The monoisotopic (exact) mass is 481 g/mol. The van der Waals surface area contributed by atoms with Gasteiger partial charge in [-0.15, -0.1) is 0 Å². The molecule has 0 amide bonds. The fourth-order valence-corrected chi connectivity index (χ4v) is 4.31. The summed E-state index contributed by atoms with van der Waals surface area (Å²) < 4.78 is 67.1. The fourth-order valence-electron chi connectivity index (χ4n) is 2.91. The lowest BCUT2D eigenvalue weighted by molar-refractivity contribution is -0.385. The number of nitro groups is 1. The number of aryl methyl sites for hydroxylation is 1. The van der Waals surface area contributed by atoms with Crippen LogP contribution in [0.2, 0.25) is 0 Å². The molecule has 0 bridgehead atoms. The van der Waals surface area contributed by atoms with E-state index >= 15 is 0 Å². The van der Waals surface area contributed by atoms with Gasteiger partial charge in [-0.1, -0.05) is 18.2 Å². The van der Waals surface area contributed by atoms with E-state index < -0.39 is 46.2 Å². The maximum absolute atomic E-state index is 12.0. The minimum absolute atomic E-state index is 0.0767. The highest BCUT2D eigenvalue weighted by molar-refractivity contribution is 7.86. The van der Waals surface area contributed by atoms with Crippen LogP contribution in [0.3, 0.4) is 0 Å². The van der Waals surface area contributed by atoms with Gasteiger partial charge in [0.05, 0.1) is 10.6 Å². The molecule has 3 aromatic rings. The summed E-state index contributed by atoms with van der Waals surface area (Å²) >= 11 is 0. The molecule has 0 unspecified atom stereocenters. The van der Waals surface area contributed by atoms with Crippen molar-refractivity contribution in [2.24, 2.45) is 0 Å². The number of nitrogens with one attached hydrogen (secondary N) is 1. The van der Waals surface area contributed by atoms with E-state index in [4.69, 9.17) is 0 Å². The quantitative estimate of drug-likeness (QED) is 0.205. The number of nitrogens with zero attached hydrogens (tertiary/aromatic N) is 2. The molecule has 14 heteroatoms. The number of aromatic amines is 1. The van der Waals surface area contributed by atoms with Gasteiger partial charge in [0, 0.05) is 23.9 Å². The summed E-state index contributed by atoms with van der Waals surface area (Å²) in [5, 5.41) is 13.6.